The summed E-state index contributed by atoms with van der Waals surface area (Å²) in [4.78, 5) is 0. The Morgan fingerprint density at radius 2 is 2.10 bits per heavy atom. The number of hydrogen-bond donors (Lipinski definition) is 1. The average molecular weight is 143 g/mol. The summed E-state index contributed by atoms with van der Waals surface area (Å²) < 4.78 is 5.70. The number of nitrogens with one attached hydrogen (secondary N) is 1. The van der Waals surface area contributed by atoms with Gasteiger partial charge in [0.15, 0.2) is 0 Å². The second kappa shape index (κ2) is 2.51. The third kappa shape index (κ3) is 1.70. The van der Waals surface area contributed by atoms with Gasteiger partial charge in [0, 0.05) is 6.54 Å². The molecule has 2 nitrogen and oxygen atoms in total. The van der Waals surface area contributed by atoms with E-state index < -0.39 is 0 Å². The maximum absolute atomic E-state index is 5.70. The summed E-state index contributed by atoms with van der Waals surface area (Å²) in [6.07, 6.45) is 0.398. The van der Waals surface area contributed by atoms with E-state index in [0.29, 0.717) is 12.0 Å². The maximum atomic E-state index is 5.70. The molecule has 1 rings (SSSR count). The Morgan fingerprint density at radius 3 is 2.30 bits per heavy atom. The molecule has 0 amide bonds. The highest BCUT2D eigenvalue weighted by molar-refractivity contribution is 4.81. The van der Waals surface area contributed by atoms with Crippen LogP contribution >= 0.6 is 0 Å². The third-order valence-corrected chi connectivity index (χ3v) is 1.92. The van der Waals surface area contributed by atoms with Gasteiger partial charge in [-0.05, 0) is 19.8 Å². The molecule has 1 aliphatic heterocycles. The summed E-state index contributed by atoms with van der Waals surface area (Å²) in [5, 5.41) is 3.31. The Balaban J connectivity index is 2.43. The van der Waals surface area contributed by atoms with Crippen LogP contribution in [0.1, 0.15) is 27.7 Å². The fourth-order valence-electron chi connectivity index (χ4n) is 1.18. The van der Waals surface area contributed by atoms with Crippen molar-refractivity contribution in [2.75, 3.05) is 6.54 Å². The van der Waals surface area contributed by atoms with Gasteiger partial charge in [-0.2, -0.15) is 0 Å². The van der Waals surface area contributed by atoms with E-state index in [1.54, 1.807) is 0 Å². The van der Waals surface area contributed by atoms with Crippen molar-refractivity contribution in [3.05, 3.63) is 0 Å². The predicted octanol–water partition coefficient (Wildman–Crippen LogP) is 1.37. The second-order valence-corrected chi connectivity index (χ2v) is 3.79. The first-order valence-electron chi connectivity index (χ1n) is 3.94. The zero-order valence-corrected chi connectivity index (χ0v) is 7.27. The monoisotopic (exact) mass is 143 g/mol. The van der Waals surface area contributed by atoms with Gasteiger partial charge in [-0.3, -0.25) is 5.32 Å². The molecule has 0 radical (unpaired) electrons. The van der Waals surface area contributed by atoms with Gasteiger partial charge in [0.2, 0.25) is 0 Å². The molecule has 0 aliphatic carbocycles. The van der Waals surface area contributed by atoms with E-state index in [9.17, 15) is 0 Å². The third-order valence-electron chi connectivity index (χ3n) is 1.92. The highest BCUT2D eigenvalue weighted by Crippen LogP contribution is 2.20. The van der Waals surface area contributed by atoms with Gasteiger partial charge in [-0.1, -0.05) is 13.8 Å². The Bertz CT molecular complexity index is 120. The van der Waals surface area contributed by atoms with Gasteiger partial charge in [0.05, 0.1) is 6.10 Å². The van der Waals surface area contributed by atoms with Crippen LogP contribution < -0.4 is 5.32 Å². The molecule has 0 aromatic rings. The first kappa shape index (κ1) is 8.02. The zero-order chi connectivity index (χ0) is 7.78. The molecular formula is C8H17NO. The smallest absolute Gasteiger partial charge is 0.114 e. The van der Waals surface area contributed by atoms with E-state index >= 15 is 0 Å². The zero-order valence-electron chi connectivity index (χ0n) is 7.27. The number of hydrogen-bond acceptors (Lipinski definition) is 2. The second-order valence-electron chi connectivity index (χ2n) is 3.79. The SMILES string of the molecule is CC(C)C1CNC(C)(C)O1. The van der Waals surface area contributed by atoms with Crippen molar-refractivity contribution in [1.29, 1.82) is 0 Å². The molecule has 10 heavy (non-hydrogen) atoms. The van der Waals surface area contributed by atoms with E-state index in [1.165, 1.54) is 0 Å². The standard InChI is InChI=1S/C8H17NO/c1-6(2)7-5-9-8(3,4)10-7/h6-7,9H,5H2,1-4H3. The molecular weight excluding hydrogens is 126 g/mol. The molecule has 0 saturated carbocycles. The Kier molecular flexibility index (Phi) is 2.02. The number of rotatable bonds is 1. The molecule has 0 spiro atoms. The Morgan fingerprint density at radius 1 is 1.50 bits per heavy atom. The minimum atomic E-state index is -0.102. The first-order chi connectivity index (χ1) is 4.51. The van der Waals surface area contributed by atoms with Crippen molar-refractivity contribution in [2.45, 2.75) is 39.5 Å². The minimum absolute atomic E-state index is 0.102. The van der Waals surface area contributed by atoms with Crippen LogP contribution in [0, 0.1) is 5.92 Å². The molecule has 60 valence electrons. The average Bonchev–Trinajstić information content (AvgIpc) is 2.10. The van der Waals surface area contributed by atoms with Crippen LogP contribution in [0.2, 0.25) is 0 Å². The Hall–Kier alpha value is -0.0800. The van der Waals surface area contributed by atoms with Crippen LogP contribution in [-0.2, 0) is 4.74 Å². The number of ether oxygens (including phenoxy) is 1. The summed E-state index contributed by atoms with van der Waals surface area (Å²) >= 11 is 0. The van der Waals surface area contributed by atoms with Crippen LogP contribution in [0.3, 0.4) is 0 Å². The topological polar surface area (TPSA) is 21.3 Å². The molecule has 1 N–H and O–H groups in total. The highest BCUT2D eigenvalue weighted by atomic mass is 16.5. The molecule has 1 unspecified atom stereocenters. The summed E-state index contributed by atoms with van der Waals surface area (Å²) in [5.74, 6) is 0.620. The molecule has 1 heterocycles. The maximum Gasteiger partial charge on any atom is 0.114 e. The molecule has 0 aromatic carbocycles. The van der Waals surface area contributed by atoms with Gasteiger partial charge in [0.25, 0.3) is 0 Å². The van der Waals surface area contributed by atoms with Crippen LogP contribution in [-0.4, -0.2) is 18.4 Å². The molecule has 2 heteroatoms. The van der Waals surface area contributed by atoms with Crippen LogP contribution in [0.15, 0.2) is 0 Å². The van der Waals surface area contributed by atoms with Gasteiger partial charge in [-0.15, -0.1) is 0 Å². The van der Waals surface area contributed by atoms with Crippen LogP contribution in [0.4, 0.5) is 0 Å². The fraction of sp³-hybridized carbons (Fsp3) is 1.00. The minimum Gasteiger partial charge on any atom is -0.356 e. The summed E-state index contributed by atoms with van der Waals surface area (Å²) in [6.45, 7) is 9.50. The van der Waals surface area contributed by atoms with E-state index in [0.717, 1.165) is 6.54 Å². The van der Waals surface area contributed by atoms with E-state index in [2.05, 4.69) is 33.0 Å². The lowest BCUT2D eigenvalue weighted by molar-refractivity contribution is -0.0399. The van der Waals surface area contributed by atoms with Gasteiger partial charge in [0.1, 0.15) is 5.72 Å². The summed E-state index contributed by atoms with van der Waals surface area (Å²) in [5.41, 5.74) is -0.102. The molecule has 1 fully saturated rings. The van der Waals surface area contributed by atoms with Crippen LogP contribution in [0.25, 0.3) is 0 Å². The van der Waals surface area contributed by atoms with Crippen molar-refractivity contribution in [3.63, 3.8) is 0 Å². The predicted molar refractivity (Wildman–Crippen MR) is 41.8 cm³/mol. The lowest BCUT2D eigenvalue weighted by atomic mass is 10.1. The van der Waals surface area contributed by atoms with E-state index in [4.69, 9.17) is 4.74 Å². The lowest BCUT2D eigenvalue weighted by Crippen LogP contribution is -2.33. The fourth-order valence-corrected chi connectivity index (χ4v) is 1.18. The summed E-state index contributed by atoms with van der Waals surface area (Å²) in [6, 6.07) is 0. The van der Waals surface area contributed by atoms with Gasteiger partial charge in [-0.25, -0.2) is 0 Å². The summed E-state index contributed by atoms with van der Waals surface area (Å²) in [7, 11) is 0. The van der Waals surface area contributed by atoms with Crippen molar-refractivity contribution < 1.29 is 4.74 Å². The lowest BCUT2D eigenvalue weighted by Gasteiger charge is -2.20. The van der Waals surface area contributed by atoms with E-state index in [-0.39, 0.29) is 5.72 Å². The van der Waals surface area contributed by atoms with Crippen molar-refractivity contribution >= 4 is 0 Å². The molecule has 0 aromatic heterocycles. The largest absolute Gasteiger partial charge is 0.356 e. The quantitative estimate of drug-likeness (QED) is 0.598. The molecule has 0 bridgehead atoms. The van der Waals surface area contributed by atoms with Crippen molar-refractivity contribution in [3.8, 4) is 0 Å². The molecule has 1 saturated heterocycles. The Labute approximate surface area is 63.0 Å². The highest BCUT2D eigenvalue weighted by Gasteiger charge is 2.32. The van der Waals surface area contributed by atoms with Gasteiger partial charge >= 0.3 is 0 Å². The van der Waals surface area contributed by atoms with Crippen molar-refractivity contribution in [1.82, 2.24) is 5.32 Å². The van der Waals surface area contributed by atoms with Crippen molar-refractivity contribution in [2.24, 2.45) is 5.92 Å². The molecule has 1 aliphatic rings. The van der Waals surface area contributed by atoms with Gasteiger partial charge < -0.3 is 4.74 Å². The van der Waals surface area contributed by atoms with Crippen LogP contribution in [0.5, 0.6) is 0 Å². The first-order valence-corrected chi connectivity index (χ1v) is 3.94. The normalized spacial score (nSPS) is 31.5. The van der Waals surface area contributed by atoms with E-state index in [1.807, 2.05) is 0 Å². The molecule has 1 atom stereocenters.